The second-order valence-electron chi connectivity index (χ2n) is 9.74. The monoisotopic (exact) mass is 468 g/mol. The van der Waals surface area contributed by atoms with Crippen LogP contribution in [0.3, 0.4) is 0 Å². The summed E-state index contributed by atoms with van der Waals surface area (Å²) in [5, 5.41) is 8.76. The normalized spacial score (nSPS) is 11.9. The Bertz CT molecular complexity index is 352. The van der Waals surface area contributed by atoms with Crippen LogP contribution in [0.25, 0.3) is 0 Å². The molecule has 0 heterocycles. The molecule has 0 spiro atoms. The molecule has 0 aliphatic heterocycles. The lowest BCUT2D eigenvalue weighted by Crippen LogP contribution is -2.19. The lowest BCUT2D eigenvalue weighted by atomic mass is 10.1. The molecule has 0 aliphatic carbocycles. The highest BCUT2D eigenvalue weighted by molar-refractivity contribution is 4.80. The average molecular weight is 469 g/mol. The summed E-state index contributed by atoms with van der Waals surface area (Å²) in [6.07, 6.45) is 32.2. The van der Waals surface area contributed by atoms with E-state index in [9.17, 15) is 0 Å². The molecule has 0 rings (SSSR count). The molecule has 0 aliphatic rings. The van der Waals surface area contributed by atoms with Crippen molar-refractivity contribution in [1.82, 2.24) is 0 Å². The minimum absolute atomic E-state index is 0.0157. The molecule has 0 bridgehead atoms. The third kappa shape index (κ3) is 27.7. The van der Waals surface area contributed by atoms with E-state index in [1.165, 1.54) is 122 Å². The van der Waals surface area contributed by atoms with Gasteiger partial charge in [-0.15, -0.1) is 0 Å². The van der Waals surface area contributed by atoms with Crippen molar-refractivity contribution in [3.63, 3.8) is 0 Å². The summed E-state index contributed by atoms with van der Waals surface area (Å²) in [5.74, 6) is 0. The fourth-order valence-electron chi connectivity index (χ4n) is 4.18. The fraction of sp³-hybridized carbons (Fsp3) is 0.933. The zero-order chi connectivity index (χ0) is 24.1. The molecule has 0 saturated heterocycles. The van der Waals surface area contributed by atoms with Gasteiger partial charge in [-0.2, -0.15) is 0 Å². The van der Waals surface area contributed by atoms with Gasteiger partial charge in [-0.3, -0.25) is 0 Å². The SMILES string of the molecule is CCCCCCCCOC(CCCCCCCCC/C=C\CCO)OCCCCCCCC. The number of aliphatic hydroxyl groups excluding tert-OH is 1. The molecule has 0 fully saturated rings. The van der Waals surface area contributed by atoms with Crippen molar-refractivity contribution in [2.24, 2.45) is 0 Å². The van der Waals surface area contributed by atoms with Gasteiger partial charge in [-0.05, 0) is 44.9 Å². The first-order valence-corrected chi connectivity index (χ1v) is 14.8. The van der Waals surface area contributed by atoms with Crippen molar-refractivity contribution in [3.05, 3.63) is 12.2 Å². The molecule has 33 heavy (non-hydrogen) atoms. The van der Waals surface area contributed by atoms with E-state index >= 15 is 0 Å². The predicted molar refractivity (Wildman–Crippen MR) is 145 cm³/mol. The summed E-state index contributed by atoms with van der Waals surface area (Å²) >= 11 is 0. The molecular weight excluding hydrogens is 408 g/mol. The van der Waals surface area contributed by atoms with Gasteiger partial charge in [-0.25, -0.2) is 0 Å². The number of ether oxygens (including phenoxy) is 2. The number of rotatable bonds is 28. The molecule has 0 radical (unpaired) electrons. The van der Waals surface area contributed by atoms with Crippen LogP contribution >= 0.6 is 0 Å². The van der Waals surface area contributed by atoms with Crippen LogP contribution in [-0.4, -0.2) is 31.2 Å². The van der Waals surface area contributed by atoms with Crippen LogP contribution in [0.1, 0.15) is 155 Å². The summed E-state index contributed by atoms with van der Waals surface area (Å²) in [5.41, 5.74) is 0. The molecule has 1 N–H and O–H groups in total. The van der Waals surface area contributed by atoms with Crippen molar-refractivity contribution in [3.8, 4) is 0 Å². The predicted octanol–water partition coefficient (Wildman–Crippen LogP) is 9.52. The topological polar surface area (TPSA) is 38.7 Å². The van der Waals surface area contributed by atoms with Crippen LogP contribution in [0.15, 0.2) is 12.2 Å². The van der Waals surface area contributed by atoms with Gasteiger partial charge >= 0.3 is 0 Å². The van der Waals surface area contributed by atoms with E-state index in [4.69, 9.17) is 14.6 Å². The van der Waals surface area contributed by atoms with Gasteiger partial charge in [0.25, 0.3) is 0 Å². The molecule has 0 amide bonds. The van der Waals surface area contributed by atoms with Crippen LogP contribution in [0.2, 0.25) is 0 Å². The smallest absolute Gasteiger partial charge is 0.157 e. The minimum atomic E-state index is 0.0157. The maximum atomic E-state index is 8.76. The number of aliphatic hydroxyl groups is 1. The van der Waals surface area contributed by atoms with E-state index < -0.39 is 0 Å². The van der Waals surface area contributed by atoms with Gasteiger partial charge in [-0.1, -0.05) is 122 Å². The zero-order valence-corrected chi connectivity index (χ0v) is 22.7. The summed E-state index contributed by atoms with van der Waals surface area (Å²) in [6, 6.07) is 0. The number of hydrogen-bond donors (Lipinski definition) is 1. The van der Waals surface area contributed by atoms with E-state index in [1.54, 1.807) is 0 Å². The van der Waals surface area contributed by atoms with Crippen molar-refractivity contribution < 1.29 is 14.6 Å². The first kappa shape index (κ1) is 32.6. The van der Waals surface area contributed by atoms with Crippen molar-refractivity contribution >= 4 is 0 Å². The first-order chi connectivity index (χ1) is 16.3. The number of unbranched alkanes of at least 4 members (excludes halogenated alkanes) is 17. The number of allylic oxidation sites excluding steroid dienone is 1. The van der Waals surface area contributed by atoms with Crippen LogP contribution in [0.4, 0.5) is 0 Å². The highest BCUT2D eigenvalue weighted by atomic mass is 16.7. The lowest BCUT2D eigenvalue weighted by Gasteiger charge is -2.19. The standard InChI is InChI=1S/C30H60O3/c1-3-5-7-9-20-24-28-32-30(33-29-25-21-10-8-6-4-2)26-22-18-16-14-12-11-13-15-17-19-23-27-31/h17,19,30-31H,3-16,18,20-29H2,1-2H3/b19-17-. The van der Waals surface area contributed by atoms with Crippen LogP contribution < -0.4 is 0 Å². The third-order valence-corrected chi connectivity index (χ3v) is 6.38. The van der Waals surface area contributed by atoms with Crippen molar-refractivity contribution in [1.29, 1.82) is 0 Å². The largest absolute Gasteiger partial charge is 0.396 e. The fourth-order valence-corrected chi connectivity index (χ4v) is 4.18. The quantitative estimate of drug-likeness (QED) is 0.0705. The molecule has 0 atom stereocenters. The van der Waals surface area contributed by atoms with Gasteiger partial charge in [0.2, 0.25) is 0 Å². The Labute approximate surface area is 208 Å². The minimum Gasteiger partial charge on any atom is -0.396 e. The Morgan fingerprint density at radius 1 is 0.515 bits per heavy atom. The lowest BCUT2D eigenvalue weighted by molar-refractivity contribution is -0.148. The Morgan fingerprint density at radius 3 is 1.45 bits per heavy atom. The Balaban J connectivity index is 3.80. The van der Waals surface area contributed by atoms with Gasteiger partial charge < -0.3 is 14.6 Å². The average Bonchev–Trinajstić information content (AvgIpc) is 2.83. The summed E-state index contributed by atoms with van der Waals surface area (Å²) in [7, 11) is 0. The molecular formula is C30H60O3. The van der Waals surface area contributed by atoms with Crippen molar-refractivity contribution in [2.75, 3.05) is 19.8 Å². The highest BCUT2D eigenvalue weighted by Gasteiger charge is 2.09. The van der Waals surface area contributed by atoms with E-state index in [0.29, 0.717) is 0 Å². The third-order valence-electron chi connectivity index (χ3n) is 6.38. The molecule has 0 saturated carbocycles. The van der Waals surface area contributed by atoms with Gasteiger partial charge in [0.1, 0.15) is 0 Å². The molecule has 0 aromatic rings. The maximum absolute atomic E-state index is 8.76. The van der Waals surface area contributed by atoms with Gasteiger partial charge in [0.15, 0.2) is 6.29 Å². The summed E-state index contributed by atoms with van der Waals surface area (Å²) in [4.78, 5) is 0. The summed E-state index contributed by atoms with van der Waals surface area (Å²) in [6.45, 7) is 6.54. The highest BCUT2D eigenvalue weighted by Crippen LogP contribution is 2.15. The first-order valence-electron chi connectivity index (χ1n) is 14.8. The van der Waals surface area contributed by atoms with E-state index in [1.807, 2.05) is 0 Å². The van der Waals surface area contributed by atoms with E-state index in [2.05, 4.69) is 26.0 Å². The number of hydrogen-bond acceptors (Lipinski definition) is 3. The molecule has 0 unspecified atom stereocenters. The van der Waals surface area contributed by atoms with Crippen LogP contribution in [-0.2, 0) is 9.47 Å². The molecule has 3 heteroatoms. The van der Waals surface area contributed by atoms with Gasteiger partial charge in [0.05, 0.1) is 0 Å². The molecule has 198 valence electrons. The maximum Gasteiger partial charge on any atom is 0.157 e. The second kappa shape index (κ2) is 29.7. The van der Waals surface area contributed by atoms with Crippen LogP contribution in [0.5, 0.6) is 0 Å². The molecule has 0 aromatic heterocycles. The van der Waals surface area contributed by atoms with Crippen molar-refractivity contribution in [2.45, 2.75) is 161 Å². The van der Waals surface area contributed by atoms with Gasteiger partial charge in [0, 0.05) is 19.8 Å². The Hall–Kier alpha value is -0.380. The Morgan fingerprint density at radius 2 is 0.939 bits per heavy atom. The molecule has 3 nitrogen and oxygen atoms in total. The zero-order valence-electron chi connectivity index (χ0n) is 22.7. The Kier molecular flexibility index (Phi) is 29.3. The van der Waals surface area contributed by atoms with Crippen LogP contribution in [0, 0.1) is 0 Å². The van der Waals surface area contributed by atoms with E-state index in [-0.39, 0.29) is 12.9 Å². The molecule has 0 aromatic carbocycles. The van der Waals surface area contributed by atoms with E-state index in [0.717, 1.165) is 32.5 Å². The second-order valence-corrected chi connectivity index (χ2v) is 9.74. The summed E-state index contributed by atoms with van der Waals surface area (Å²) < 4.78 is 12.3.